The van der Waals surface area contributed by atoms with Crippen LogP contribution in [0.3, 0.4) is 0 Å². The summed E-state index contributed by atoms with van der Waals surface area (Å²) in [7, 11) is 1.43. The molecule has 0 spiro atoms. The van der Waals surface area contributed by atoms with Gasteiger partial charge in [-0.1, -0.05) is 18.2 Å². The fourth-order valence-electron chi connectivity index (χ4n) is 2.10. The zero-order chi connectivity index (χ0) is 16.8. The zero-order valence-corrected chi connectivity index (χ0v) is 12.5. The molecular formula is C15H18N2O6+2. The first-order valence-electron chi connectivity index (χ1n) is 6.79. The molecule has 8 nitrogen and oxygen atoms in total. The Kier molecular flexibility index (Phi) is 5.34. The second kappa shape index (κ2) is 7.43. The summed E-state index contributed by atoms with van der Waals surface area (Å²) in [5, 5.41) is 29.2. The molecule has 0 bridgehead atoms. The van der Waals surface area contributed by atoms with Gasteiger partial charge in [0.1, 0.15) is 0 Å². The normalized spacial score (nSPS) is 16.0. The van der Waals surface area contributed by atoms with Gasteiger partial charge in [-0.05, 0) is 12.1 Å². The van der Waals surface area contributed by atoms with Gasteiger partial charge < -0.3 is 14.9 Å². The van der Waals surface area contributed by atoms with Crippen molar-refractivity contribution in [3.05, 3.63) is 42.2 Å². The van der Waals surface area contributed by atoms with Crippen molar-refractivity contribution < 1.29 is 40.0 Å². The number of hydrogen-bond acceptors (Lipinski definition) is 5. The fraction of sp³-hybridized carbons (Fsp3) is 0.200. The maximum Gasteiger partial charge on any atom is 0.341 e. The van der Waals surface area contributed by atoms with Crippen molar-refractivity contribution in [1.82, 2.24) is 0 Å². The molecule has 1 aliphatic rings. The number of nitrogens with two attached hydrogens (primary N) is 1. The number of benzene rings is 1. The lowest BCUT2D eigenvalue weighted by Crippen LogP contribution is -2.76. The third-order valence-corrected chi connectivity index (χ3v) is 3.11. The number of ether oxygens (including phenoxy) is 1. The number of rotatable bonds is 6. The van der Waals surface area contributed by atoms with E-state index in [1.165, 1.54) is 18.7 Å². The number of phenols is 1. The van der Waals surface area contributed by atoms with Crippen LogP contribution in [0.2, 0.25) is 0 Å². The van der Waals surface area contributed by atoms with Crippen LogP contribution < -0.4 is 5.48 Å². The highest BCUT2D eigenvalue weighted by atomic mass is 16.6. The third-order valence-electron chi connectivity index (χ3n) is 3.11. The van der Waals surface area contributed by atoms with Gasteiger partial charge in [0.2, 0.25) is 0 Å². The topological polar surface area (TPSA) is 116 Å². The number of hydrogen-bond donors (Lipinski definition) is 4. The number of aromatic hydroxyl groups is 1. The van der Waals surface area contributed by atoms with Crippen LogP contribution in [0.15, 0.2) is 42.2 Å². The van der Waals surface area contributed by atoms with Crippen LogP contribution in [-0.2, 0) is 14.4 Å². The molecule has 0 radical (unpaired) electrons. The number of carboxylic acid groups (broad SMARTS) is 1. The number of aliphatic carboxylic acids is 1. The SMILES string of the molecule is CO[NH2+]c1c(O)cccc1/[N+](O)=C1\CC=CC=C1OCC(=O)O. The summed E-state index contributed by atoms with van der Waals surface area (Å²) in [6, 6.07) is 4.62. The first kappa shape index (κ1) is 16.5. The van der Waals surface area contributed by atoms with Gasteiger partial charge in [0.15, 0.2) is 18.1 Å². The molecule has 0 heterocycles. The van der Waals surface area contributed by atoms with Crippen molar-refractivity contribution in [2.45, 2.75) is 6.42 Å². The lowest BCUT2D eigenvalue weighted by molar-refractivity contribution is -0.835. The minimum atomic E-state index is -1.12. The Morgan fingerprint density at radius 1 is 1.43 bits per heavy atom. The van der Waals surface area contributed by atoms with E-state index in [4.69, 9.17) is 14.7 Å². The van der Waals surface area contributed by atoms with Crippen LogP contribution in [0.1, 0.15) is 6.42 Å². The summed E-state index contributed by atoms with van der Waals surface area (Å²) in [5.74, 6) is -0.938. The van der Waals surface area contributed by atoms with Gasteiger partial charge >= 0.3 is 11.7 Å². The van der Waals surface area contributed by atoms with Crippen molar-refractivity contribution in [2.75, 3.05) is 13.7 Å². The molecule has 5 N–H and O–H groups in total. The number of nitrogens with zero attached hydrogens (tertiary/aromatic N) is 1. The van der Waals surface area contributed by atoms with Gasteiger partial charge in [-0.3, -0.25) is 5.21 Å². The Labute approximate surface area is 132 Å². The molecule has 23 heavy (non-hydrogen) atoms. The molecule has 0 saturated carbocycles. The molecule has 0 saturated heterocycles. The van der Waals surface area contributed by atoms with Crippen LogP contribution in [0.5, 0.6) is 5.75 Å². The Morgan fingerprint density at radius 2 is 2.22 bits per heavy atom. The fourth-order valence-corrected chi connectivity index (χ4v) is 2.10. The number of quaternary nitrogens is 1. The van der Waals surface area contributed by atoms with Crippen LogP contribution in [0.25, 0.3) is 0 Å². The minimum absolute atomic E-state index is 0.0627. The summed E-state index contributed by atoms with van der Waals surface area (Å²) < 4.78 is 6.05. The first-order valence-corrected chi connectivity index (χ1v) is 6.79. The first-order chi connectivity index (χ1) is 11.0. The molecule has 1 aromatic rings. The molecule has 1 aromatic carbocycles. The predicted molar refractivity (Wildman–Crippen MR) is 78.8 cm³/mol. The van der Waals surface area contributed by atoms with Gasteiger partial charge in [0, 0.05) is 10.8 Å². The second-order valence-corrected chi connectivity index (χ2v) is 4.67. The molecule has 0 unspecified atom stereocenters. The Balaban J connectivity index is 2.43. The number of phenolic OH excluding ortho intramolecular Hbond substituents is 1. The van der Waals surface area contributed by atoms with Gasteiger partial charge in [-0.15, -0.1) is 0 Å². The standard InChI is InChI=1S/C15H16N2O6/c1-22-16-15-11(6-4-7-12(15)18)17(21)10-5-2-3-8-13(10)23-9-14(19)20/h2-4,6-8,16H,5,9H2,1H3,(H2-,18,19,20,21)/p+2/b17-10-. The molecule has 0 amide bonds. The van der Waals surface area contributed by atoms with E-state index in [1.807, 2.05) is 0 Å². The predicted octanol–water partition coefficient (Wildman–Crippen LogP) is 0.568. The van der Waals surface area contributed by atoms with Crippen LogP contribution >= 0.6 is 0 Å². The lowest BCUT2D eigenvalue weighted by Gasteiger charge is -2.10. The Hall–Kier alpha value is -2.84. The van der Waals surface area contributed by atoms with E-state index in [2.05, 4.69) is 0 Å². The maximum atomic E-state index is 10.7. The zero-order valence-electron chi connectivity index (χ0n) is 12.5. The molecule has 0 atom stereocenters. The molecule has 1 aliphatic carbocycles. The van der Waals surface area contributed by atoms with Crippen LogP contribution in [0, 0.1) is 0 Å². The molecule has 8 heteroatoms. The third kappa shape index (κ3) is 3.87. The van der Waals surface area contributed by atoms with Crippen molar-refractivity contribution in [2.24, 2.45) is 0 Å². The second-order valence-electron chi connectivity index (χ2n) is 4.67. The summed E-state index contributed by atoms with van der Waals surface area (Å²) in [6.45, 7) is -0.520. The van der Waals surface area contributed by atoms with E-state index < -0.39 is 12.6 Å². The molecule has 2 rings (SSSR count). The smallest absolute Gasteiger partial charge is 0.341 e. The average Bonchev–Trinajstić information content (AvgIpc) is 2.54. The summed E-state index contributed by atoms with van der Waals surface area (Å²) in [5.41, 5.74) is 2.22. The monoisotopic (exact) mass is 322 g/mol. The summed E-state index contributed by atoms with van der Waals surface area (Å²) in [4.78, 5) is 15.6. The van der Waals surface area contributed by atoms with Crippen LogP contribution in [-0.4, -0.2) is 45.6 Å². The van der Waals surface area contributed by atoms with Crippen LogP contribution in [0.4, 0.5) is 11.4 Å². The van der Waals surface area contributed by atoms with Gasteiger partial charge in [-0.25, -0.2) is 9.63 Å². The molecule has 0 aromatic heterocycles. The van der Waals surface area contributed by atoms with E-state index in [9.17, 15) is 15.1 Å². The van der Waals surface area contributed by atoms with E-state index in [1.54, 1.807) is 30.4 Å². The number of allylic oxidation sites excluding steroid dienone is 4. The molecule has 0 fully saturated rings. The van der Waals surface area contributed by atoms with Crippen molar-refractivity contribution in [1.29, 1.82) is 0 Å². The average molecular weight is 322 g/mol. The van der Waals surface area contributed by atoms with Crippen molar-refractivity contribution >= 4 is 23.1 Å². The minimum Gasteiger partial charge on any atom is -0.502 e. The van der Waals surface area contributed by atoms with E-state index in [-0.39, 0.29) is 22.9 Å². The molecule has 122 valence electrons. The van der Waals surface area contributed by atoms with E-state index in [0.717, 1.165) is 4.74 Å². The highest BCUT2D eigenvalue weighted by Crippen LogP contribution is 2.29. The van der Waals surface area contributed by atoms with E-state index >= 15 is 0 Å². The highest BCUT2D eigenvalue weighted by Gasteiger charge is 2.30. The Morgan fingerprint density at radius 3 is 2.91 bits per heavy atom. The summed E-state index contributed by atoms with van der Waals surface area (Å²) in [6.07, 6.45) is 5.39. The molecular weight excluding hydrogens is 304 g/mol. The largest absolute Gasteiger partial charge is 0.502 e. The Bertz CT molecular complexity index is 693. The number of carboxylic acids is 1. The van der Waals surface area contributed by atoms with Gasteiger partial charge in [-0.2, -0.15) is 5.48 Å². The van der Waals surface area contributed by atoms with E-state index in [0.29, 0.717) is 12.1 Å². The summed E-state index contributed by atoms with van der Waals surface area (Å²) >= 11 is 0. The van der Waals surface area contributed by atoms with Crippen molar-refractivity contribution in [3.8, 4) is 5.75 Å². The highest BCUT2D eigenvalue weighted by molar-refractivity contribution is 5.97. The van der Waals surface area contributed by atoms with Crippen molar-refractivity contribution in [3.63, 3.8) is 0 Å². The maximum absolute atomic E-state index is 10.7. The van der Waals surface area contributed by atoms with Gasteiger partial charge in [0.25, 0.3) is 11.4 Å². The van der Waals surface area contributed by atoms with Gasteiger partial charge in [0.05, 0.1) is 13.5 Å². The lowest BCUT2D eigenvalue weighted by atomic mass is 10.1. The number of carbonyl (C=O) groups is 1. The molecule has 0 aliphatic heterocycles. The quantitative estimate of drug-likeness (QED) is 0.200.